The van der Waals surface area contributed by atoms with Crippen molar-refractivity contribution >= 4 is 5.91 Å². The van der Waals surface area contributed by atoms with E-state index in [2.05, 4.69) is 10.4 Å². The van der Waals surface area contributed by atoms with E-state index in [0.29, 0.717) is 17.8 Å². The van der Waals surface area contributed by atoms with Gasteiger partial charge in [-0.3, -0.25) is 9.48 Å². The summed E-state index contributed by atoms with van der Waals surface area (Å²) < 4.78 is 3.67. The average Bonchev–Trinajstić information content (AvgIpc) is 3.37. The molecule has 4 rings (SSSR count). The Morgan fingerprint density at radius 1 is 0.966 bits per heavy atom. The van der Waals surface area contributed by atoms with Crippen molar-refractivity contribution in [2.75, 3.05) is 0 Å². The quantitative estimate of drug-likeness (QED) is 0.546. The molecule has 0 fully saturated rings. The minimum Gasteiger partial charge on any atom is -0.346 e. The molecule has 0 atom stereocenters. The van der Waals surface area contributed by atoms with Crippen LogP contribution < -0.4 is 5.32 Å². The molecular weight excluding hydrogens is 362 g/mol. The largest absolute Gasteiger partial charge is 0.346 e. The molecule has 0 saturated heterocycles. The summed E-state index contributed by atoms with van der Waals surface area (Å²) in [7, 11) is 0. The first-order valence-corrected chi connectivity index (χ1v) is 9.68. The summed E-state index contributed by atoms with van der Waals surface area (Å²) in [5.41, 5.74) is 4.70. The number of hydrogen-bond acceptors (Lipinski definition) is 3. The second-order valence-electron chi connectivity index (χ2n) is 6.77. The Hall–Kier alpha value is -3.67. The van der Waals surface area contributed by atoms with E-state index in [9.17, 15) is 4.79 Å². The zero-order chi connectivity index (χ0) is 20.2. The van der Waals surface area contributed by atoms with Crippen LogP contribution in [0.3, 0.4) is 0 Å². The van der Waals surface area contributed by atoms with Gasteiger partial charge < -0.3 is 5.32 Å². The predicted molar refractivity (Wildman–Crippen MR) is 113 cm³/mol. The predicted octanol–water partition coefficient (Wildman–Crippen LogP) is 3.99. The van der Waals surface area contributed by atoms with E-state index < -0.39 is 0 Å². The summed E-state index contributed by atoms with van der Waals surface area (Å²) in [6.45, 7) is 5.13. The molecule has 2 heterocycles. The molecule has 0 radical (unpaired) electrons. The third-order valence-corrected chi connectivity index (χ3v) is 4.84. The van der Waals surface area contributed by atoms with E-state index in [4.69, 9.17) is 5.10 Å². The number of aryl methyl sites for hydroxylation is 1. The van der Waals surface area contributed by atoms with E-state index in [-0.39, 0.29) is 5.91 Å². The molecule has 2 aromatic heterocycles. The number of amides is 1. The summed E-state index contributed by atoms with van der Waals surface area (Å²) in [6, 6.07) is 21.6. The Labute approximate surface area is 169 Å². The first kappa shape index (κ1) is 18.7. The molecule has 0 aliphatic rings. The monoisotopic (exact) mass is 385 g/mol. The molecule has 0 unspecified atom stereocenters. The normalized spacial score (nSPS) is 10.8. The first-order chi connectivity index (χ1) is 14.2. The molecule has 2 aromatic carbocycles. The van der Waals surface area contributed by atoms with Gasteiger partial charge in [0.15, 0.2) is 0 Å². The molecular formula is C23H23N5O. The molecule has 4 aromatic rings. The van der Waals surface area contributed by atoms with Gasteiger partial charge in [0.25, 0.3) is 5.91 Å². The van der Waals surface area contributed by atoms with Gasteiger partial charge in [0.05, 0.1) is 29.2 Å². The van der Waals surface area contributed by atoms with Gasteiger partial charge in [-0.25, -0.2) is 4.68 Å². The van der Waals surface area contributed by atoms with Crippen molar-refractivity contribution in [2.24, 2.45) is 0 Å². The smallest absolute Gasteiger partial charge is 0.255 e. The molecule has 1 amide bonds. The standard InChI is InChI=1S/C23H23N5O/c1-3-27-15-14-19(25-27)16-24-23(29)21-17(2)28(20-12-8-5-9-13-20)26-22(21)18-10-6-4-7-11-18/h4-15H,3,16H2,1-2H3,(H,24,29). The Balaban J connectivity index is 1.70. The maximum Gasteiger partial charge on any atom is 0.255 e. The number of nitrogens with zero attached hydrogens (tertiary/aromatic N) is 4. The second kappa shape index (κ2) is 8.14. The number of nitrogens with one attached hydrogen (secondary N) is 1. The van der Waals surface area contributed by atoms with E-state index in [1.54, 1.807) is 0 Å². The van der Waals surface area contributed by atoms with Gasteiger partial charge >= 0.3 is 0 Å². The van der Waals surface area contributed by atoms with Crippen molar-refractivity contribution in [3.63, 3.8) is 0 Å². The molecule has 0 bridgehead atoms. The average molecular weight is 385 g/mol. The lowest BCUT2D eigenvalue weighted by atomic mass is 10.1. The van der Waals surface area contributed by atoms with Gasteiger partial charge in [-0.15, -0.1) is 0 Å². The lowest BCUT2D eigenvalue weighted by Crippen LogP contribution is -2.24. The van der Waals surface area contributed by atoms with Crippen LogP contribution in [-0.2, 0) is 13.1 Å². The second-order valence-corrected chi connectivity index (χ2v) is 6.77. The molecule has 6 heteroatoms. The van der Waals surface area contributed by atoms with Crippen LogP contribution in [0.25, 0.3) is 16.9 Å². The minimum atomic E-state index is -0.158. The molecule has 0 aliphatic heterocycles. The van der Waals surface area contributed by atoms with Gasteiger partial charge in [0.1, 0.15) is 5.69 Å². The Kier molecular flexibility index (Phi) is 5.24. The highest BCUT2D eigenvalue weighted by Crippen LogP contribution is 2.27. The maximum atomic E-state index is 13.2. The first-order valence-electron chi connectivity index (χ1n) is 9.68. The topological polar surface area (TPSA) is 64.7 Å². The summed E-state index contributed by atoms with van der Waals surface area (Å²) in [5.74, 6) is -0.158. The Bertz CT molecular complexity index is 1110. The number of rotatable bonds is 6. The highest BCUT2D eigenvalue weighted by molar-refractivity contribution is 6.01. The number of para-hydroxylation sites is 1. The van der Waals surface area contributed by atoms with Crippen molar-refractivity contribution in [1.82, 2.24) is 24.9 Å². The van der Waals surface area contributed by atoms with Crippen LogP contribution in [0.1, 0.15) is 28.7 Å². The van der Waals surface area contributed by atoms with E-state index in [0.717, 1.165) is 29.2 Å². The molecule has 0 spiro atoms. The molecule has 6 nitrogen and oxygen atoms in total. The molecule has 0 saturated carbocycles. The van der Waals surface area contributed by atoms with E-state index in [1.165, 1.54) is 0 Å². The van der Waals surface area contributed by atoms with E-state index >= 15 is 0 Å². The lowest BCUT2D eigenvalue weighted by molar-refractivity contribution is 0.0950. The zero-order valence-corrected chi connectivity index (χ0v) is 16.5. The number of carbonyl (C=O) groups excluding carboxylic acids is 1. The Morgan fingerprint density at radius 2 is 1.66 bits per heavy atom. The van der Waals surface area contributed by atoms with Crippen LogP contribution >= 0.6 is 0 Å². The van der Waals surface area contributed by atoms with Gasteiger partial charge in [0, 0.05) is 18.3 Å². The zero-order valence-electron chi connectivity index (χ0n) is 16.5. The van der Waals surface area contributed by atoms with Crippen LogP contribution in [0.15, 0.2) is 72.9 Å². The number of benzene rings is 2. The van der Waals surface area contributed by atoms with Crippen LogP contribution in [0.2, 0.25) is 0 Å². The summed E-state index contributed by atoms with van der Waals surface area (Å²) >= 11 is 0. The molecule has 29 heavy (non-hydrogen) atoms. The highest BCUT2D eigenvalue weighted by atomic mass is 16.1. The summed E-state index contributed by atoms with van der Waals surface area (Å²) in [6.07, 6.45) is 1.91. The van der Waals surface area contributed by atoms with Crippen molar-refractivity contribution in [3.05, 3.63) is 89.9 Å². The summed E-state index contributed by atoms with van der Waals surface area (Å²) in [5, 5.41) is 12.2. The minimum absolute atomic E-state index is 0.158. The van der Waals surface area contributed by atoms with Crippen molar-refractivity contribution < 1.29 is 4.79 Å². The highest BCUT2D eigenvalue weighted by Gasteiger charge is 2.23. The van der Waals surface area contributed by atoms with Gasteiger partial charge in [-0.1, -0.05) is 48.5 Å². The fourth-order valence-corrected chi connectivity index (χ4v) is 3.33. The molecule has 1 N–H and O–H groups in total. The lowest BCUT2D eigenvalue weighted by Gasteiger charge is -2.06. The number of aromatic nitrogens is 4. The van der Waals surface area contributed by atoms with Crippen molar-refractivity contribution in [2.45, 2.75) is 26.9 Å². The third-order valence-electron chi connectivity index (χ3n) is 4.84. The van der Waals surface area contributed by atoms with Crippen LogP contribution in [0.5, 0.6) is 0 Å². The fourth-order valence-electron chi connectivity index (χ4n) is 3.33. The van der Waals surface area contributed by atoms with E-state index in [1.807, 2.05) is 96.1 Å². The fraction of sp³-hybridized carbons (Fsp3) is 0.174. The van der Waals surface area contributed by atoms with Crippen LogP contribution in [-0.4, -0.2) is 25.5 Å². The van der Waals surface area contributed by atoms with Gasteiger partial charge in [-0.05, 0) is 32.0 Å². The van der Waals surface area contributed by atoms with Crippen molar-refractivity contribution in [1.29, 1.82) is 0 Å². The SMILES string of the molecule is CCn1ccc(CNC(=O)c2c(-c3ccccc3)nn(-c3ccccc3)c2C)n1. The molecule has 146 valence electrons. The van der Waals surface area contributed by atoms with Crippen LogP contribution in [0.4, 0.5) is 0 Å². The third kappa shape index (κ3) is 3.82. The van der Waals surface area contributed by atoms with Gasteiger partial charge in [-0.2, -0.15) is 10.2 Å². The number of hydrogen-bond donors (Lipinski definition) is 1. The van der Waals surface area contributed by atoms with Crippen molar-refractivity contribution in [3.8, 4) is 16.9 Å². The summed E-state index contributed by atoms with van der Waals surface area (Å²) in [4.78, 5) is 13.2. The van der Waals surface area contributed by atoms with Crippen LogP contribution in [0, 0.1) is 6.92 Å². The number of carbonyl (C=O) groups is 1. The Morgan fingerprint density at radius 3 is 2.31 bits per heavy atom. The maximum absolute atomic E-state index is 13.2. The molecule has 0 aliphatic carbocycles. The van der Waals surface area contributed by atoms with Gasteiger partial charge in [0.2, 0.25) is 0 Å².